The molecule has 33 heavy (non-hydrogen) atoms. The second kappa shape index (κ2) is 7.37. The Labute approximate surface area is 189 Å². The van der Waals surface area contributed by atoms with Crippen LogP contribution in [0.4, 0.5) is 8.78 Å². The minimum atomic E-state index is -1.31. The molecule has 2 aromatic carbocycles. The summed E-state index contributed by atoms with van der Waals surface area (Å²) in [6, 6.07) is 14.6. The van der Waals surface area contributed by atoms with Gasteiger partial charge in [0.1, 0.15) is 17.2 Å². The lowest BCUT2D eigenvalue weighted by Crippen LogP contribution is -2.51. The molecular weight excluding hydrogens is 426 g/mol. The molecule has 0 saturated carbocycles. The normalized spacial score (nSPS) is 23.9. The summed E-state index contributed by atoms with van der Waals surface area (Å²) in [6.45, 7) is 1.90. The zero-order valence-corrected chi connectivity index (χ0v) is 18.2. The van der Waals surface area contributed by atoms with Gasteiger partial charge >= 0.3 is 0 Å². The Morgan fingerprint density at radius 3 is 2.58 bits per heavy atom. The maximum Gasteiger partial charge on any atom is 0.261 e. The van der Waals surface area contributed by atoms with Gasteiger partial charge in [-0.2, -0.15) is 4.39 Å². The highest BCUT2D eigenvalue weighted by Crippen LogP contribution is 2.50. The zero-order valence-electron chi connectivity index (χ0n) is 18.2. The molecule has 2 N–H and O–H groups in total. The van der Waals surface area contributed by atoms with E-state index >= 15 is 0 Å². The van der Waals surface area contributed by atoms with Crippen molar-refractivity contribution >= 4 is 11.9 Å². The SMILES string of the molecule is CN1C(=O)C2(CC(C)(Cc3ccc(F)cc3)Oc3ccc(-c4cccnc4F)cc32)N=C1N. The second-order valence-electron chi connectivity index (χ2n) is 8.78. The summed E-state index contributed by atoms with van der Waals surface area (Å²) in [6.07, 6.45) is 2.02. The monoisotopic (exact) mass is 448 g/mol. The number of carbonyl (C=O) groups is 1. The van der Waals surface area contributed by atoms with Gasteiger partial charge in [0.15, 0.2) is 11.5 Å². The van der Waals surface area contributed by atoms with Gasteiger partial charge in [-0.1, -0.05) is 18.2 Å². The lowest BCUT2D eigenvalue weighted by atomic mass is 9.74. The van der Waals surface area contributed by atoms with Crippen LogP contribution in [-0.2, 0) is 16.8 Å². The van der Waals surface area contributed by atoms with Gasteiger partial charge in [-0.05, 0) is 54.4 Å². The van der Waals surface area contributed by atoms with Crippen LogP contribution < -0.4 is 10.5 Å². The summed E-state index contributed by atoms with van der Waals surface area (Å²) in [7, 11) is 1.58. The van der Waals surface area contributed by atoms with E-state index in [4.69, 9.17) is 10.5 Å². The molecule has 6 nitrogen and oxygen atoms in total. The molecule has 2 atom stereocenters. The molecule has 0 fully saturated rings. The smallest absolute Gasteiger partial charge is 0.261 e. The molecule has 8 heteroatoms. The minimum Gasteiger partial charge on any atom is -0.487 e. The number of amides is 1. The molecule has 3 heterocycles. The molecule has 2 unspecified atom stereocenters. The molecule has 0 bridgehead atoms. The molecule has 2 aliphatic rings. The van der Waals surface area contributed by atoms with Crippen LogP contribution >= 0.6 is 0 Å². The number of guanidine groups is 1. The maximum atomic E-state index is 14.4. The Hall–Kier alpha value is -3.81. The summed E-state index contributed by atoms with van der Waals surface area (Å²) in [5.74, 6) is -0.634. The van der Waals surface area contributed by atoms with Gasteiger partial charge in [-0.15, -0.1) is 0 Å². The van der Waals surface area contributed by atoms with E-state index in [1.54, 1.807) is 49.5 Å². The number of hydrogen-bond acceptors (Lipinski definition) is 5. The Morgan fingerprint density at radius 1 is 1.15 bits per heavy atom. The van der Waals surface area contributed by atoms with Crippen LogP contribution in [0, 0.1) is 11.8 Å². The third-order valence-corrected chi connectivity index (χ3v) is 6.28. The molecule has 0 radical (unpaired) electrons. The number of nitrogens with zero attached hydrogens (tertiary/aromatic N) is 3. The molecule has 0 saturated heterocycles. The first kappa shape index (κ1) is 21.1. The van der Waals surface area contributed by atoms with Gasteiger partial charge < -0.3 is 10.5 Å². The number of hydrogen-bond donors (Lipinski definition) is 1. The van der Waals surface area contributed by atoms with Crippen molar-refractivity contribution in [2.75, 3.05) is 7.05 Å². The summed E-state index contributed by atoms with van der Waals surface area (Å²) < 4.78 is 34.2. The van der Waals surface area contributed by atoms with E-state index in [-0.39, 0.29) is 24.1 Å². The van der Waals surface area contributed by atoms with Gasteiger partial charge in [-0.3, -0.25) is 9.69 Å². The summed E-state index contributed by atoms with van der Waals surface area (Å²) in [5.41, 5.74) is 6.19. The predicted octanol–water partition coefficient (Wildman–Crippen LogP) is 3.79. The molecule has 1 spiro atoms. The largest absolute Gasteiger partial charge is 0.487 e. The number of halogens is 2. The lowest BCUT2D eigenvalue weighted by molar-refractivity contribution is -0.133. The van der Waals surface area contributed by atoms with E-state index < -0.39 is 17.1 Å². The first-order valence-corrected chi connectivity index (χ1v) is 10.5. The number of rotatable bonds is 3. The highest BCUT2D eigenvalue weighted by molar-refractivity contribution is 6.07. The van der Waals surface area contributed by atoms with Crippen LogP contribution in [0.5, 0.6) is 5.75 Å². The molecule has 2 aliphatic heterocycles. The third kappa shape index (κ3) is 3.42. The van der Waals surface area contributed by atoms with Crippen molar-refractivity contribution in [2.45, 2.75) is 30.9 Å². The van der Waals surface area contributed by atoms with Crippen LogP contribution in [0.25, 0.3) is 11.1 Å². The number of benzene rings is 2. The number of nitrogens with two attached hydrogens (primary N) is 1. The van der Waals surface area contributed by atoms with Gasteiger partial charge in [0.2, 0.25) is 5.95 Å². The number of pyridine rings is 1. The van der Waals surface area contributed by atoms with Crippen LogP contribution in [0.15, 0.2) is 65.8 Å². The van der Waals surface area contributed by atoms with Crippen molar-refractivity contribution in [1.82, 2.24) is 9.88 Å². The fourth-order valence-corrected chi connectivity index (χ4v) is 4.77. The summed E-state index contributed by atoms with van der Waals surface area (Å²) in [5, 5.41) is 0. The van der Waals surface area contributed by atoms with Crippen molar-refractivity contribution < 1.29 is 18.3 Å². The van der Waals surface area contributed by atoms with Gasteiger partial charge in [0.25, 0.3) is 5.91 Å². The molecule has 1 aromatic heterocycles. The number of aromatic nitrogens is 1. The van der Waals surface area contributed by atoms with Crippen LogP contribution in [-0.4, -0.2) is 34.4 Å². The number of aliphatic imine (C=N–C) groups is 1. The van der Waals surface area contributed by atoms with Gasteiger partial charge in [0, 0.05) is 37.2 Å². The van der Waals surface area contributed by atoms with Crippen molar-refractivity contribution in [1.29, 1.82) is 0 Å². The van der Waals surface area contributed by atoms with Crippen molar-refractivity contribution in [2.24, 2.45) is 10.7 Å². The number of likely N-dealkylation sites (N-methyl/N-ethyl adjacent to an activating group) is 1. The van der Waals surface area contributed by atoms with Crippen LogP contribution in [0.2, 0.25) is 0 Å². The van der Waals surface area contributed by atoms with Gasteiger partial charge in [0.05, 0.1) is 0 Å². The first-order valence-electron chi connectivity index (χ1n) is 10.5. The second-order valence-corrected chi connectivity index (χ2v) is 8.78. The van der Waals surface area contributed by atoms with E-state index in [0.29, 0.717) is 28.9 Å². The van der Waals surface area contributed by atoms with E-state index in [1.807, 2.05) is 6.92 Å². The molecule has 3 aromatic rings. The highest BCUT2D eigenvalue weighted by Gasteiger charge is 2.56. The fraction of sp³-hybridized carbons (Fsp3) is 0.240. The topological polar surface area (TPSA) is 80.8 Å². The van der Waals surface area contributed by atoms with Crippen molar-refractivity contribution in [3.05, 3.63) is 83.7 Å². The summed E-state index contributed by atoms with van der Waals surface area (Å²) in [4.78, 5) is 23.2. The average molecular weight is 448 g/mol. The summed E-state index contributed by atoms with van der Waals surface area (Å²) >= 11 is 0. The predicted molar refractivity (Wildman–Crippen MR) is 119 cm³/mol. The third-order valence-electron chi connectivity index (χ3n) is 6.28. The van der Waals surface area contributed by atoms with E-state index in [0.717, 1.165) is 5.56 Å². The Balaban J connectivity index is 1.64. The molecular formula is C25H22F2N4O2. The Kier molecular flexibility index (Phi) is 4.70. The van der Waals surface area contributed by atoms with E-state index in [9.17, 15) is 13.6 Å². The van der Waals surface area contributed by atoms with Crippen molar-refractivity contribution in [3.8, 4) is 16.9 Å². The Bertz CT molecular complexity index is 1290. The highest BCUT2D eigenvalue weighted by atomic mass is 19.1. The minimum absolute atomic E-state index is 0.106. The average Bonchev–Trinajstić information content (AvgIpc) is 2.99. The first-order chi connectivity index (χ1) is 15.7. The molecule has 168 valence electrons. The molecule has 0 aliphatic carbocycles. The fourth-order valence-electron chi connectivity index (χ4n) is 4.77. The quantitative estimate of drug-likeness (QED) is 0.618. The van der Waals surface area contributed by atoms with Crippen molar-refractivity contribution in [3.63, 3.8) is 0 Å². The number of ether oxygens (including phenoxy) is 1. The number of carbonyl (C=O) groups excluding carboxylic acids is 1. The van der Waals surface area contributed by atoms with E-state index in [1.165, 1.54) is 23.2 Å². The van der Waals surface area contributed by atoms with Gasteiger partial charge in [-0.25, -0.2) is 14.4 Å². The maximum absolute atomic E-state index is 14.4. The molecule has 5 rings (SSSR count). The van der Waals surface area contributed by atoms with E-state index in [2.05, 4.69) is 9.98 Å². The zero-order chi connectivity index (χ0) is 23.4. The lowest BCUT2D eigenvalue weighted by Gasteiger charge is -2.43. The van der Waals surface area contributed by atoms with Crippen LogP contribution in [0.1, 0.15) is 24.5 Å². The number of fused-ring (bicyclic) bond motifs is 2. The Morgan fingerprint density at radius 2 is 1.91 bits per heavy atom. The van der Waals surface area contributed by atoms with Crippen LogP contribution in [0.3, 0.4) is 0 Å². The molecule has 1 amide bonds. The standard InChI is InChI=1S/C25H22F2N4O2/c1-24(13-15-5-8-17(26)9-6-15)14-25(22(32)31(2)23(28)30-25)19-12-16(7-10-20(19)33-24)18-4-3-11-29-21(18)27/h3-12H,13-14H2,1-2H3,(H2,28,30).